The van der Waals surface area contributed by atoms with Crippen LogP contribution in [0.4, 0.5) is 8.78 Å². The molecule has 0 aromatic carbocycles. The Balaban J connectivity index is 2.63. The topological polar surface area (TPSA) is 69.6 Å². The number of nitrogens with one attached hydrogen (secondary N) is 1. The van der Waals surface area contributed by atoms with Crippen molar-refractivity contribution >= 4 is 11.9 Å². The average Bonchev–Trinajstić information content (AvgIpc) is 2.01. The molecule has 80 valence electrons. The van der Waals surface area contributed by atoms with Gasteiger partial charge in [-0.25, -0.2) is 8.78 Å². The summed E-state index contributed by atoms with van der Waals surface area (Å²) < 4.78 is 24.0. The lowest BCUT2D eigenvalue weighted by molar-refractivity contribution is -0.146. The van der Waals surface area contributed by atoms with Crippen molar-refractivity contribution in [2.75, 3.05) is 19.6 Å². The SMILES string of the molecule is O=C1CN(CC(F)F)C(C(=O)O)CN1. The van der Waals surface area contributed by atoms with Crippen molar-refractivity contribution in [2.24, 2.45) is 0 Å². The molecule has 0 aliphatic carbocycles. The molecule has 0 radical (unpaired) electrons. The molecule has 1 amide bonds. The molecule has 0 bridgehead atoms. The van der Waals surface area contributed by atoms with Crippen LogP contribution in [0.3, 0.4) is 0 Å². The maximum Gasteiger partial charge on any atom is 0.322 e. The van der Waals surface area contributed by atoms with Gasteiger partial charge in [-0.2, -0.15) is 0 Å². The summed E-state index contributed by atoms with van der Waals surface area (Å²) in [6, 6.07) is -1.05. The van der Waals surface area contributed by atoms with Gasteiger partial charge in [-0.15, -0.1) is 0 Å². The van der Waals surface area contributed by atoms with Gasteiger partial charge in [0.25, 0.3) is 6.43 Å². The first-order valence-corrected chi connectivity index (χ1v) is 4.02. The lowest BCUT2D eigenvalue weighted by atomic mass is 10.2. The molecule has 0 aromatic heterocycles. The van der Waals surface area contributed by atoms with Crippen molar-refractivity contribution in [1.29, 1.82) is 0 Å². The van der Waals surface area contributed by atoms with E-state index < -0.39 is 30.9 Å². The highest BCUT2D eigenvalue weighted by atomic mass is 19.3. The maximum atomic E-state index is 12.0. The van der Waals surface area contributed by atoms with Crippen molar-refractivity contribution < 1.29 is 23.5 Å². The van der Waals surface area contributed by atoms with Gasteiger partial charge in [-0.05, 0) is 0 Å². The molecule has 0 saturated carbocycles. The fraction of sp³-hybridized carbons (Fsp3) is 0.714. The normalized spacial score (nSPS) is 23.6. The lowest BCUT2D eigenvalue weighted by Gasteiger charge is -2.32. The second-order valence-corrected chi connectivity index (χ2v) is 2.98. The number of rotatable bonds is 3. The molecule has 1 aliphatic heterocycles. The van der Waals surface area contributed by atoms with E-state index in [9.17, 15) is 18.4 Å². The van der Waals surface area contributed by atoms with Crippen LogP contribution in [0.1, 0.15) is 0 Å². The van der Waals surface area contributed by atoms with Gasteiger partial charge < -0.3 is 10.4 Å². The number of aliphatic carboxylic acids is 1. The Labute approximate surface area is 78.7 Å². The molecular weight excluding hydrogens is 198 g/mol. The smallest absolute Gasteiger partial charge is 0.322 e. The van der Waals surface area contributed by atoms with E-state index in [4.69, 9.17) is 5.11 Å². The number of piperazine rings is 1. The van der Waals surface area contributed by atoms with Crippen LogP contribution in [-0.2, 0) is 9.59 Å². The number of halogens is 2. The number of carbonyl (C=O) groups excluding carboxylic acids is 1. The maximum absolute atomic E-state index is 12.0. The molecule has 2 N–H and O–H groups in total. The van der Waals surface area contributed by atoms with Crippen molar-refractivity contribution in [2.45, 2.75) is 12.5 Å². The molecule has 14 heavy (non-hydrogen) atoms. The lowest BCUT2D eigenvalue weighted by Crippen LogP contribution is -2.58. The molecule has 1 heterocycles. The van der Waals surface area contributed by atoms with Crippen molar-refractivity contribution in [3.8, 4) is 0 Å². The van der Waals surface area contributed by atoms with Gasteiger partial charge in [0.05, 0.1) is 13.1 Å². The Morgan fingerprint density at radius 1 is 1.71 bits per heavy atom. The van der Waals surface area contributed by atoms with Crippen molar-refractivity contribution in [3.63, 3.8) is 0 Å². The summed E-state index contributed by atoms with van der Waals surface area (Å²) >= 11 is 0. The quantitative estimate of drug-likeness (QED) is 0.633. The molecule has 1 atom stereocenters. The third-order valence-electron chi connectivity index (χ3n) is 1.94. The summed E-state index contributed by atoms with van der Waals surface area (Å²) in [6.07, 6.45) is -2.64. The van der Waals surface area contributed by atoms with Crippen molar-refractivity contribution in [3.05, 3.63) is 0 Å². The third kappa shape index (κ3) is 2.63. The van der Waals surface area contributed by atoms with Gasteiger partial charge in [0.15, 0.2) is 0 Å². The zero-order chi connectivity index (χ0) is 10.7. The van der Waals surface area contributed by atoms with Gasteiger partial charge in [0.2, 0.25) is 5.91 Å². The number of amides is 1. The number of hydrogen-bond acceptors (Lipinski definition) is 3. The first-order valence-electron chi connectivity index (χ1n) is 4.02. The van der Waals surface area contributed by atoms with E-state index in [1.807, 2.05) is 0 Å². The monoisotopic (exact) mass is 208 g/mol. The molecule has 1 unspecified atom stereocenters. The zero-order valence-corrected chi connectivity index (χ0v) is 7.24. The second-order valence-electron chi connectivity index (χ2n) is 2.98. The summed E-state index contributed by atoms with van der Waals surface area (Å²) in [6.45, 7) is -1.10. The molecule has 1 rings (SSSR count). The standard InChI is InChI=1S/C7H10F2N2O3/c8-5(9)2-11-3-6(12)10-1-4(11)7(13)14/h4-5H,1-3H2,(H,10,12)(H,13,14). The highest BCUT2D eigenvalue weighted by molar-refractivity contribution is 5.83. The Morgan fingerprint density at radius 3 is 2.86 bits per heavy atom. The fourth-order valence-corrected chi connectivity index (χ4v) is 1.30. The predicted molar refractivity (Wildman–Crippen MR) is 42.0 cm³/mol. The van der Waals surface area contributed by atoms with Crippen LogP contribution in [0.15, 0.2) is 0 Å². The molecule has 0 aromatic rings. The van der Waals surface area contributed by atoms with Crippen LogP contribution >= 0.6 is 0 Å². The number of hydrogen-bond donors (Lipinski definition) is 2. The Hall–Kier alpha value is -1.24. The Kier molecular flexibility index (Phi) is 3.34. The van der Waals surface area contributed by atoms with Crippen LogP contribution in [0.25, 0.3) is 0 Å². The molecule has 5 nitrogen and oxygen atoms in total. The number of carbonyl (C=O) groups is 2. The molecule has 7 heteroatoms. The first kappa shape index (κ1) is 10.8. The molecule has 1 fully saturated rings. The van der Waals surface area contributed by atoms with Gasteiger partial charge in [0, 0.05) is 6.54 Å². The number of alkyl halides is 2. The van der Waals surface area contributed by atoms with E-state index in [1.165, 1.54) is 0 Å². The van der Waals surface area contributed by atoms with Crippen LogP contribution in [0.2, 0.25) is 0 Å². The highest BCUT2D eigenvalue weighted by Gasteiger charge is 2.33. The van der Waals surface area contributed by atoms with Crippen LogP contribution in [-0.4, -0.2) is 54.0 Å². The summed E-state index contributed by atoms with van der Waals surface area (Å²) in [5.41, 5.74) is 0. The number of nitrogens with zero attached hydrogens (tertiary/aromatic N) is 1. The Bertz CT molecular complexity index is 247. The highest BCUT2D eigenvalue weighted by Crippen LogP contribution is 2.07. The van der Waals surface area contributed by atoms with E-state index in [2.05, 4.69) is 5.32 Å². The van der Waals surface area contributed by atoms with E-state index in [1.54, 1.807) is 0 Å². The largest absolute Gasteiger partial charge is 0.480 e. The van der Waals surface area contributed by atoms with Crippen molar-refractivity contribution in [1.82, 2.24) is 10.2 Å². The molecule has 0 spiro atoms. The van der Waals surface area contributed by atoms with E-state index in [0.29, 0.717) is 0 Å². The van der Waals surface area contributed by atoms with Gasteiger partial charge in [-0.3, -0.25) is 14.5 Å². The van der Waals surface area contributed by atoms with Gasteiger partial charge >= 0.3 is 5.97 Å². The van der Waals surface area contributed by atoms with E-state index in [-0.39, 0.29) is 13.1 Å². The van der Waals surface area contributed by atoms with Gasteiger partial charge in [-0.1, -0.05) is 0 Å². The molecular formula is C7H10F2N2O3. The van der Waals surface area contributed by atoms with Gasteiger partial charge in [0.1, 0.15) is 6.04 Å². The minimum Gasteiger partial charge on any atom is -0.480 e. The summed E-state index contributed by atoms with van der Waals surface area (Å²) in [7, 11) is 0. The third-order valence-corrected chi connectivity index (χ3v) is 1.94. The van der Waals surface area contributed by atoms with Crippen LogP contribution in [0, 0.1) is 0 Å². The minimum atomic E-state index is -2.64. The zero-order valence-electron chi connectivity index (χ0n) is 7.24. The number of carboxylic acids is 1. The Morgan fingerprint density at radius 2 is 2.36 bits per heavy atom. The first-order chi connectivity index (χ1) is 6.50. The second kappa shape index (κ2) is 4.32. The predicted octanol–water partition coefficient (Wildman–Crippen LogP) is -0.863. The van der Waals surface area contributed by atoms with Crippen LogP contribution in [0.5, 0.6) is 0 Å². The minimum absolute atomic E-state index is 0.124. The number of carboxylic acid groups (broad SMARTS) is 1. The fourth-order valence-electron chi connectivity index (χ4n) is 1.30. The summed E-state index contributed by atoms with van der Waals surface area (Å²) in [5, 5.41) is 11.0. The summed E-state index contributed by atoms with van der Waals surface area (Å²) in [5.74, 6) is -1.63. The van der Waals surface area contributed by atoms with Crippen LogP contribution < -0.4 is 5.32 Å². The molecule has 1 aliphatic rings. The average molecular weight is 208 g/mol. The van der Waals surface area contributed by atoms with E-state index in [0.717, 1.165) is 4.90 Å². The van der Waals surface area contributed by atoms with E-state index >= 15 is 0 Å². The summed E-state index contributed by atoms with van der Waals surface area (Å²) in [4.78, 5) is 22.4. The molecule has 1 saturated heterocycles.